The van der Waals surface area contributed by atoms with Crippen LogP contribution in [0.4, 0.5) is 0 Å². The van der Waals surface area contributed by atoms with Gasteiger partial charge in [-0.1, -0.05) is 43.5 Å². The van der Waals surface area contributed by atoms with Crippen LogP contribution in [0.3, 0.4) is 0 Å². The lowest BCUT2D eigenvalue weighted by molar-refractivity contribution is 0.0902. The largest absolute Gasteiger partial charge is 0.489 e. The lowest BCUT2D eigenvalue weighted by atomic mass is 10.3. The third kappa shape index (κ3) is 5.43. The van der Waals surface area contributed by atoms with E-state index in [2.05, 4.69) is 4.98 Å². The molecular weight excluding hydrogens is 471 g/mol. The van der Waals surface area contributed by atoms with E-state index >= 15 is 0 Å². The molecule has 0 bridgehead atoms. The van der Waals surface area contributed by atoms with Crippen LogP contribution in [0, 0.1) is 0 Å². The maximum atomic E-state index is 13.3. The highest BCUT2D eigenvalue weighted by Crippen LogP contribution is 2.27. The molecule has 2 aromatic heterocycles. The first-order valence-electron chi connectivity index (χ1n) is 10.9. The zero-order valence-corrected chi connectivity index (χ0v) is 20.1. The van der Waals surface area contributed by atoms with E-state index in [0.717, 1.165) is 11.0 Å². The first-order valence-corrected chi connectivity index (χ1v) is 11.7. The van der Waals surface area contributed by atoms with Crippen molar-refractivity contribution in [2.24, 2.45) is 0 Å². The molecule has 3 aromatic rings. The van der Waals surface area contributed by atoms with E-state index in [1.807, 2.05) is 13.8 Å². The molecule has 0 amide bonds. The monoisotopic (exact) mass is 498 g/mol. The highest BCUT2D eigenvalue weighted by Gasteiger charge is 2.22. The Labute approximate surface area is 200 Å². The van der Waals surface area contributed by atoms with E-state index in [9.17, 15) is 19.8 Å². The number of halogens is 2. The number of rotatable bonds is 11. The van der Waals surface area contributed by atoms with Gasteiger partial charge in [-0.05, 0) is 31.0 Å². The van der Waals surface area contributed by atoms with E-state index in [0.29, 0.717) is 42.5 Å². The van der Waals surface area contributed by atoms with Crippen LogP contribution in [0.15, 0.2) is 27.8 Å². The van der Waals surface area contributed by atoms with Crippen molar-refractivity contribution in [1.82, 2.24) is 18.7 Å². The molecule has 0 fully saturated rings. The molecule has 0 aliphatic carbocycles. The summed E-state index contributed by atoms with van der Waals surface area (Å²) in [7, 11) is 0. The maximum Gasteiger partial charge on any atom is 0.332 e. The second-order valence-electron chi connectivity index (χ2n) is 7.75. The number of aromatic nitrogens is 4. The Balaban J connectivity index is 1.99. The smallest absolute Gasteiger partial charge is 0.332 e. The molecule has 0 saturated heterocycles. The molecule has 9 nitrogen and oxygen atoms in total. The highest BCUT2D eigenvalue weighted by atomic mass is 35.5. The van der Waals surface area contributed by atoms with Crippen LogP contribution in [0.2, 0.25) is 10.0 Å². The van der Waals surface area contributed by atoms with Gasteiger partial charge in [-0.15, -0.1) is 0 Å². The van der Waals surface area contributed by atoms with Crippen molar-refractivity contribution in [2.75, 3.05) is 6.61 Å². The molecule has 2 heterocycles. The molecule has 0 radical (unpaired) electrons. The Kier molecular flexibility index (Phi) is 8.58. The number of unbranched alkanes of at least 4 members (excludes halogenated alkanes) is 1. The Morgan fingerprint density at radius 2 is 1.85 bits per heavy atom. The molecule has 2 N–H and O–H groups in total. The number of imidazole rings is 1. The average Bonchev–Trinajstić information content (AvgIpc) is 3.14. The molecule has 3 rings (SSSR count). The van der Waals surface area contributed by atoms with E-state index in [1.165, 1.54) is 10.6 Å². The fraction of sp³-hybridized carbons (Fsp3) is 0.500. The van der Waals surface area contributed by atoms with E-state index in [-0.39, 0.29) is 35.9 Å². The van der Waals surface area contributed by atoms with Crippen molar-refractivity contribution in [2.45, 2.75) is 65.5 Å². The van der Waals surface area contributed by atoms with Gasteiger partial charge in [0.25, 0.3) is 5.56 Å². The molecule has 0 aliphatic heterocycles. The predicted octanol–water partition coefficient (Wildman–Crippen LogP) is 2.81. The first-order chi connectivity index (χ1) is 15.8. The molecule has 1 aromatic carbocycles. The number of hydrogen-bond acceptors (Lipinski definition) is 6. The average molecular weight is 499 g/mol. The zero-order valence-electron chi connectivity index (χ0n) is 18.6. The van der Waals surface area contributed by atoms with Crippen LogP contribution < -0.4 is 16.0 Å². The van der Waals surface area contributed by atoms with E-state index < -0.39 is 17.4 Å². The molecule has 11 heteroatoms. The summed E-state index contributed by atoms with van der Waals surface area (Å²) in [6, 6.07) is 4.70. The summed E-state index contributed by atoms with van der Waals surface area (Å²) in [5.41, 5.74) is -0.626. The normalized spacial score (nSPS) is 12.4. The van der Waals surface area contributed by atoms with Crippen molar-refractivity contribution >= 4 is 34.4 Å². The number of aliphatic hydroxyl groups excluding tert-OH is 2. The molecule has 0 unspecified atom stereocenters. The summed E-state index contributed by atoms with van der Waals surface area (Å²) in [5.74, 6) is 0.657. The molecule has 0 saturated carbocycles. The van der Waals surface area contributed by atoms with Gasteiger partial charge in [0.1, 0.15) is 30.9 Å². The number of aliphatic hydroxyl groups is 2. The molecule has 0 aliphatic rings. The Morgan fingerprint density at radius 1 is 1.09 bits per heavy atom. The summed E-state index contributed by atoms with van der Waals surface area (Å²) in [6.07, 6.45) is 1.11. The topological polar surface area (TPSA) is 112 Å². The molecule has 1 atom stereocenters. The SMILES string of the molecule is CCCCn1c(=O)n(C[C@H](O)COc2ccc(Cl)cc2Cl)c(=O)c2c1nc(CO)n2CCC. The quantitative estimate of drug-likeness (QED) is 0.420. The van der Waals surface area contributed by atoms with Gasteiger partial charge in [-0.3, -0.25) is 13.9 Å². The van der Waals surface area contributed by atoms with Gasteiger partial charge in [-0.2, -0.15) is 0 Å². The van der Waals surface area contributed by atoms with Crippen molar-refractivity contribution in [3.05, 3.63) is 54.9 Å². The van der Waals surface area contributed by atoms with Crippen LogP contribution in [-0.4, -0.2) is 41.6 Å². The Morgan fingerprint density at radius 3 is 2.48 bits per heavy atom. The minimum atomic E-state index is -1.15. The van der Waals surface area contributed by atoms with Crippen LogP contribution in [0.5, 0.6) is 5.75 Å². The minimum absolute atomic E-state index is 0.184. The molecule has 33 heavy (non-hydrogen) atoms. The summed E-state index contributed by atoms with van der Waals surface area (Å²) >= 11 is 12.0. The third-order valence-electron chi connectivity index (χ3n) is 5.24. The molecule has 0 spiro atoms. The number of aryl methyl sites for hydroxylation is 2. The van der Waals surface area contributed by atoms with E-state index in [4.69, 9.17) is 27.9 Å². The Bertz CT molecular complexity index is 1230. The van der Waals surface area contributed by atoms with Gasteiger partial charge in [-0.25, -0.2) is 9.78 Å². The fourth-order valence-electron chi connectivity index (χ4n) is 3.64. The second-order valence-corrected chi connectivity index (χ2v) is 8.60. The van der Waals surface area contributed by atoms with Crippen LogP contribution in [-0.2, 0) is 26.2 Å². The van der Waals surface area contributed by atoms with Gasteiger partial charge in [0.2, 0.25) is 0 Å². The summed E-state index contributed by atoms with van der Waals surface area (Å²) in [4.78, 5) is 30.9. The summed E-state index contributed by atoms with van der Waals surface area (Å²) in [5, 5.41) is 21.0. The number of nitrogens with zero attached hydrogens (tertiary/aromatic N) is 4. The third-order valence-corrected chi connectivity index (χ3v) is 5.77. The summed E-state index contributed by atoms with van der Waals surface area (Å²) < 4.78 is 9.65. The minimum Gasteiger partial charge on any atom is -0.489 e. The molecule has 180 valence electrons. The van der Waals surface area contributed by atoms with Crippen molar-refractivity contribution in [1.29, 1.82) is 0 Å². The lowest BCUT2D eigenvalue weighted by Gasteiger charge is -2.16. The van der Waals surface area contributed by atoms with E-state index in [1.54, 1.807) is 16.7 Å². The van der Waals surface area contributed by atoms with Crippen molar-refractivity contribution < 1.29 is 14.9 Å². The van der Waals surface area contributed by atoms with Gasteiger partial charge < -0.3 is 19.5 Å². The first kappa shape index (κ1) is 25.3. The standard InChI is InChI=1S/C22H28Cl2N4O5/c1-3-5-9-27-20-19(26(8-4-2)18(12-29)25-20)21(31)28(22(27)32)11-15(30)13-33-17-7-6-14(23)10-16(17)24/h6-7,10,15,29-30H,3-5,8-9,11-13H2,1-2H3/t15-/m0/s1. The van der Waals surface area contributed by atoms with Gasteiger partial charge in [0, 0.05) is 18.1 Å². The maximum absolute atomic E-state index is 13.3. The highest BCUT2D eigenvalue weighted by molar-refractivity contribution is 6.35. The van der Waals surface area contributed by atoms with Crippen molar-refractivity contribution in [3.8, 4) is 5.75 Å². The number of ether oxygens (including phenoxy) is 1. The number of fused-ring (bicyclic) bond motifs is 1. The van der Waals surface area contributed by atoms with Crippen molar-refractivity contribution in [3.63, 3.8) is 0 Å². The van der Waals surface area contributed by atoms with Crippen LogP contribution in [0.1, 0.15) is 38.9 Å². The molecular formula is C22H28Cl2N4O5. The van der Waals surface area contributed by atoms with Gasteiger partial charge in [0.15, 0.2) is 11.2 Å². The fourth-order valence-corrected chi connectivity index (χ4v) is 4.10. The van der Waals surface area contributed by atoms with Gasteiger partial charge in [0.05, 0.1) is 11.6 Å². The lowest BCUT2D eigenvalue weighted by Crippen LogP contribution is -2.44. The second kappa shape index (κ2) is 11.2. The summed E-state index contributed by atoms with van der Waals surface area (Å²) in [6.45, 7) is 3.97. The van der Waals surface area contributed by atoms with Crippen LogP contribution in [0.25, 0.3) is 11.2 Å². The number of hydrogen-bond donors (Lipinski definition) is 2. The number of benzene rings is 1. The van der Waals surface area contributed by atoms with Gasteiger partial charge >= 0.3 is 5.69 Å². The zero-order chi connectivity index (χ0) is 24.1. The van der Waals surface area contributed by atoms with Crippen LogP contribution >= 0.6 is 23.2 Å². The Hall–Kier alpha value is -2.33. The predicted molar refractivity (Wildman–Crippen MR) is 127 cm³/mol.